The standard InChI is InChI=1S/C13H18Cl6O3Si/c1-4-20-23(21-5-2,22-6-3)10-11(16)7-12(17,13(10,18)19)9(15)8(11)14/h10H,4-7H2,1-3H3. The number of hydrogen-bond donors (Lipinski definition) is 0. The Balaban J connectivity index is 2.64. The van der Waals surface area contributed by atoms with Gasteiger partial charge in [-0.05, 0) is 27.2 Å². The predicted octanol–water partition coefficient (Wildman–Crippen LogP) is 5.64. The van der Waals surface area contributed by atoms with E-state index < -0.39 is 28.4 Å². The minimum atomic E-state index is -3.40. The van der Waals surface area contributed by atoms with Crippen molar-refractivity contribution < 1.29 is 13.3 Å². The largest absolute Gasteiger partial charge is 0.509 e. The van der Waals surface area contributed by atoms with E-state index in [1.165, 1.54) is 0 Å². The van der Waals surface area contributed by atoms with E-state index in [-0.39, 0.29) is 16.5 Å². The van der Waals surface area contributed by atoms with Crippen molar-refractivity contribution in [2.24, 2.45) is 0 Å². The van der Waals surface area contributed by atoms with Gasteiger partial charge in [-0.3, -0.25) is 0 Å². The lowest BCUT2D eigenvalue weighted by molar-refractivity contribution is 0.0580. The summed E-state index contributed by atoms with van der Waals surface area (Å²) in [6, 6.07) is 0. The number of allylic oxidation sites excluding steroid dienone is 2. The fraction of sp³-hybridized carbons (Fsp3) is 0.846. The van der Waals surface area contributed by atoms with Crippen LogP contribution in [-0.2, 0) is 13.3 Å². The molecule has 3 unspecified atom stereocenters. The second-order valence-corrected chi connectivity index (χ2v) is 11.5. The van der Waals surface area contributed by atoms with Crippen LogP contribution < -0.4 is 0 Å². The van der Waals surface area contributed by atoms with E-state index >= 15 is 0 Å². The van der Waals surface area contributed by atoms with E-state index in [4.69, 9.17) is 82.9 Å². The van der Waals surface area contributed by atoms with E-state index in [0.29, 0.717) is 19.8 Å². The molecule has 1 fully saturated rings. The summed E-state index contributed by atoms with van der Waals surface area (Å²) in [5, 5.41) is 0.401. The Bertz CT molecular complexity index is 499. The molecule has 2 rings (SSSR count). The van der Waals surface area contributed by atoms with Gasteiger partial charge in [0.15, 0.2) is 4.33 Å². The highest BCUT2D eigenvalue weighted by Gasteiger charge is 2.82. The van der Waals surface area contributed by atoms with Gasteiger partial charge in [0.1, 0.15) is 4.87 Å². The maximum Gasteiger partial charge on any atom is 0.509 e. The lowest BCUT2D eigenvalue weighted by atomic mass is 10.0. The van der Waals surface area contributed by atoms with Gasteiger partial charge in [-0.2, -0.15) is 0 Å². The van der Waals surface area contributed by atoms with Gasteiger partial charge in [0.2, 0.25) is 0 Å². The fourth-order valence-electron chi connectivity index (χ4n) is 3.36. The molecule has 23 heavy (non-hydrogen) atoms. The zero-order chi connectivity index (χ0) is 17.7. The summed E-state index contributed by atoms with van der Waals surface area (Å²) in [5.74, 6) is 0. The first-order valence-electron chi connectivity index (χ1n) is 7.31. The van der Waals surface area contributed by atoms with Gasteiger partial charge in [0.25, 0.3) is 0 Å². The van der Waals surface area contributed by atoms with E-state index in [1.54, 1.807) is 0 Å². The van der Waals surface area contributed by atoms with Gasteiger partial charge >= 0.3 is 8.80 Å². The van der Waals surface area contributed by atoms with Crippen molar-refractivity contribution in [3.63, 3.8) is 0 Å². The first-order valence-corrected chi connectivity index (χ1v) is 11.4. The smallest absolute Gasteiger partial charge is 0.373 e. The van der Waals surface area contributed by atoms with E-state index in [1.807, 2.05) is 20.8 Å². The highest BCUT2D eigenvalue weighted by Crippen LogP contribution is 2.77. The molecule has 0 radical (unpaired) electrons. The zero-order valence-electron chi connectivity index (χ0n) is 12.9. The average molecular weight is 463 g/mol. The number of fused-ring (bicyclic) bond motifs is 2. The SMILES string of the molecule is CCO[Si](OCC)(OCC)C1C2(Cl)CC(Cl)(C(Cl)=C2Cl)C1(Cl)Cl. The van der Waals surface area contributed by atoms with Gasteiger partial charge in [-0.15, -0.1) is 23.2 Å². The summed E-state index contributed by atoms with van der Waals surface area (Å²) in [5.41, 5.74) is -0.750. The third-order valence-electron chi connectivity index (χ3n) is 4.14. The summed E-state index contributed by atoms with van der Waals surface area (Å²) in [4.78, 5) is -2.49. The van der Waals surface area contributed by atoms with Gasteiger partial charge in [-0.1, -0.05) is 46.4 Å². The second kappa shape index (κ2) is 6.95. The molecule has 0 aromatic rings. The third-order valence-corrected chi connectivity index (χ3v) is 12.2. The minimum Gasteiger partial charge on any atom is -0.373 e. The monoisotopic (exact) mass is 460 g/mol. The Morgan fingerprint density at radius 2 is 1.35 bits per heavy atom. The predicted molar refractivity (Wildman–Crippen MR) is 99.3 cm³/mol. The summed E-state index contributed by atoms with van der Waals surface area (Å²) >= 11 is 39.5. The van der Waals surface area contributed by atoms with Crippen LogP contribution >= 0.6 is 69.6 Å². The summed E-state index contributed by atoms with van der Waals surface area (Å²) < 4.78 is 16.3. The normalized spacial score (nSPS) is 36.1. The van der Waals surface area contributed by atoms with Crippen LogP contribution in [-0.4, -0.2) is 42.7 Å². The molecular formula is C13H18Cl6O3Si. The highest BCUT2D eigenvalue weighted by molar-refractivity contribution is 6.73. The number of alkyl halides is 4. The van der Waals surface area contributed by atoms with Crippen LogP contribution in [0.15, 0.2) is 10.1 Å². The number of hydrogen-bond acceptors (Lipinski definition) is 3. The molecular weight excluding hydrogens is 445 g/mol. The number of halogens is 6. The molecule has 2 bridgehead atoms. The Morgan fingerprint density at radius 3 is 1.70 bits per heavy atom. The van der Waals surface area contributed by atoms with E-state index in [2.05, 4.69) is 0 Å². The molecule has 0 spiro atoms. The van der Waals surface area contributed by atoms with Crippen LogP contribution in [0.4, 0.5) is 0 Å². The maximum absolute atomic E-state index is 6.84. The Labute approximate surface area is 167 Å². The molecule has 0 amide bonds. The van der Waals surface area contributed by atoms with Crippen molar-refractivity contribution in [3.05, 3.63) is 10.1 Å². The topological polar surface area (TPSA) is 27.7 Å². The Kier molecular flexibility index (Phi) is 6.31. The summed E-state index contributed by atoms with van der Waals surface area (Å²) in [7, 11) is -3.40. The van der Waals surface area contributed by atoms with Crippen molar-refractivity contribution in [3.8, 4) is 0 Å². The van der Waals surface area contributed by atoms with Crippen molar-refractivity contribution in [1.82, 2.24) is 0 Å². The quantitative estimate of drug-likeness (QED) is 0.362. The van der Waals surface area contributed by atoms with Gasteiger partial charge in [-0.25, -0.2) is 0 Å². The van der Waals surface area contributed by atoms with Crippen molar-refractivity contribution >= 4 is 78.4 Å². The molecule has 0 aromatic carbocycles. The van der Waals surface area contributed by atoms with Crippen molar-refractivity contribution in [1.29, 1.82) is 0 Å². The molecule has 10 heteroatoms. The lowest BCUT2D eigenvalue weighted by Crippen LogP contribution is -2.61. The van der Waals surface area contributed by atoms with Crippen molar-refractivity contribution in [2.75, 3.05) is 19.8 Å². The lowest BCUT2D eigenvalue weighted by Gasteiger charge is -2.46. The Hall–Kier alpha value is 1.58. The van der Waals surface area contributed by atoms with Gasteiger partial charge < -0.3 is 13.3 Å². The number of rotatable bonds is 7. The molecule has 2 aliphatic carbocycles. The van der Waals surface area contributed by atoms with Crippen LogP contribution in [0.25, 0.3) is 0 Å². The highest BCUT2D eigenvalue weighted by atomic mass is 35.5. The molecule has 3 atom stereocenters. The molecule has 0 aromatic heterocycles. The van der Waals surface area contributed by atoms with Gasteiger partial charge in [0, 0.05) is 19.8 Å². The van der Waals surface area contributed by atoms with Crippen LogP contribution in [0.3, 0.4) is 0 Å². The minimum absolute atomic E-state index is 0.171. The zero-order valence-corrected chi connectivity index (χ0v) is 18.4. The molecule has 0 N–H and O–H groups in total. The summed E-state index contributed by atoms with van der Waals surface area (Å²) in [6.45, 7) is 6.55. The first kappa shape index (κ1) is 20.9. The van der Waals surface area contributed by atoms with Crippen LogP contribution in [0, 0.1) is 0 Å². The fourth-order valence-corrected chi connectivity index (χ4v) is 10.9. The molecule has 134 valence electrons. The van der Waals surface area contributed by atoms with Crippen molar-refractivity contribution in [2.45, 2.75) is 46.8 Å². The van der Waals surface area contributed by atoms with E-state index in [0.717, 1.165) is 0 Å². The molecule has 1 saturated carbocycles. The molecule has 0 saturated heterocycles. The third kappa shape index (κ3) is 2.80. The maximum atomic E-state index is 6.84. The van der Waals surface area contributed by atoms with Gasteiger partial charge in [0.05, 0.1) is 20.5 Å². The average Bonchev–Trinajstić information content (AvgIpc) is 2.72. The van der Waals surface area contributed by atoms with Crippen LogP contribution in [0.1, 0.15) is 27.2 Å². The summed E-state index contributed by atoms with van der Waals surface area (Å²) in [6.07, 6.45) is 0.181. The Morgan fingerprint density at radius 1 is 0.913 bits per heavy atom. The molecule has 0 aliphatic heterocycles. The first-order chi connectivity index (χ1) is 10.6. The van der Waals surface area contributed by atoms with Crippen LogP contribution in [0.5, 0.6) is 0 Å². The second-order valence-electron chi connectivity index (χ2n) is 5.43. The molecule has 0 heterocycles. The van der Waals surface area contributed by atoms with E-state index in [9.17, 15) is 0 Å². The van der Waals surface area contributed by atoms with Crippen LogP contribution in [0.2, 0.25) is 5.54 Å². The molecule has 2 aliphatic rings. The molecule has 3 nitrogen and oxygen atoms in total.